The molecule has 2 N–H and O–H groups in total. The summed E-state index contributed by atoms with van der Waals surface area (Å²) in [6, 6.07) is 8.63. The number of hydrogen-bond donors (Lipinski definition) is 2. The fraction of sp³-hybridized carbons (Fsp3) is 0.750. The molecule has 2 atom stereocenters. The molecular formula is C28H50NO6P. The number of unbranched alkanes of at least 4 members (excludes halogenated alkanes) is 14. The highest BCUT2D eigenvalue weighted by Gasteiger charge is 2.23. The van der Waals surface area contributed by atoms with E-state index in [-0.39, 0.29) is 19.1 Å². The van der Waals surface area contributed by atoms with Crippen molar-refractivity contribution in [2.24, 2.45) is 0 Å². The van der Waals surface area contributed by atoms with Crippen LogP contribution in [0.1, 0.15) is 110 Å². The SMILES string of the molecule is CCCCCCCCCCCCCCCCCC(=O)N[C@@H](COc1ccccc1)COP(=O)(O)OC. The maximum Gasteiger partial charge on any atom is 0.471 e. The lowest BCUT2D eigenvalue weighted by molar-refractivity contribution is -0.122. The molecule has 0 aliphatic heterocycles. The molecule has 0 spiro atoms. The normalized spacial score (nSPS) is 13.8. The summed E-state index contributed by atoms with van der Waals surface area (Å²) < 4.78 is 26.7. The zero-order chi connectivity index (χ0) is 26.3. The van der Waals surface area contributed by atoms with E-state index in [9.17, 15) is 14.3 Å². The van der Waals surface area contributed by atoms with Crippen LogP contribution in [-0.4, -0.2) is 37.2 Å². The van der Waals surface area contributed by atoms with Crippen LogP contribution in [0.2, 0.25) is 0 Å². The van der Waals surface area contributed by atoms with E-state index in [4.69, 9.17) is 9.26 Å². The fourth-order valence-electron chi connectivity index (χ4n) is 4.04. The first kappa shape index (κ1) is 32.6. The van der Waals surface area contributed by atoms with Gasteiger partial charge in [0, 0.05) is 13.5 Å². The van der Waals surface area contributed by atoms with E-state index < -0.39 is 13.9 Å². The van der Waals surface area contributed by atoms with Crippen molar-refractivity contribution < 1.29 is 28.0 Å². The minimum absolute atomic E-state index is 0.111. The molecule has 208 valence electrons. The Morgan fingerprint density at radius 2 is 1.33 bits per heavy atom. The van der Waals surface area contributed by atoms with Gasteiger partial charge in [0.15, 0.2) is 0 Å². The van der Waals surface area contributed by atoms with E-state index in [1.165, 1.54) is 77.0 Å². The molecule has 1 rings (SSSR count). The van der Waals surface area contributed by atoms with Gasteiger partial charge in [0.25, 0.3) is 0 Å². The molecule has 0 radical (unpaired) electrons. The van der Waals surface area contributed by atoms with E-state index in [0.717, 1.165) is 26.4 Å². The molecule has 1 amide bonds. The third-order valence-electron chi connectivity index (χ3n) is 6.24. The maximum atomic E-state index is 12.4. The summed E-state index contributed by atoms with van der Waals surface area (Å²) in [7, 11) is -3.02. The van der Waals surface area contributed by atoms with Crippen molar-refractivity contribution >= 4 is 13.7 Å². The summed E-state index contributed by atoms with van der Waals surface area (Å²) in [4.78, 5) is 21.9. The van der Waals surface area contributed by atoms with Crippen molar-refractivity contribution in [3.63, 3.8) is 0 Å². The molecule has 0 fully saturated rings. The Bertz CT molecular complexity index is 703. The highest BCUT2D eigenvalue weighted by molar-refractivity contribution is 7.47. The minimum Gasteiger partial charge on any atom is -0.491 e. The van der Waals surface area contributed by atoms with Crippen LogP contribution in [0.15, 0.2) is 30.3 Å². The van der Waals surface area contributed by atoms with E-state index >= 15 is 0 Å². The summed E-state index contributed by atoms with van der Waals surface area (Å²) in [5.41, 5.74) is 0. The number of carbonyl (C=O) groups excluding carboxylic acids is 1. The Balaban J connectivity index is 2.11. The molecule has 7 nitrogen and oxygen atoms in total. The first-order chi connectivity index (χ1) is 17.5. The molecule has 0 aromatic heterocycles. The Morgan fingerprint density at radius 1 is 0.833 bits per heavy atom. The fourth-order valence-corrected chi connectivity index (χ4v) is 4.51. The summed E-state index contributed by atoms with van der Waals surface area (Å²) in [6.45, 7) is 2.20. The first-order valence-electron chi connectivity index (χ1n) is 14.0. The van der Waals surface area contributed by atoms with Crippen molar-refractivity contribution in [3.8, 4) is 5.75 Å². The van der Waals surface area contributed by atoms with Gasteiger partial charge in [-0.3, -0.25) is 13.8 Å². The number of benzene rings is 1. The largest absolute Gasteiger partial charge is 0.491 e. The van der Waals surface area contributed by atoms with Gasteiger partial charge in [-0.25, -0.2) is 4.57 Å². The van der Waals surface area contributed by atoms with Crippen LogP contribution >= 0.6 is 7.82 Å². The van der Waals surface area contributed by atoms with Crippen LogP contribution in [0.5, 0.6) is 5.75 Å². The van der Waals surface area contributed by atoms with Crippen molar-refractivity contribution in [1.29, 1.82) is 0 Å². The quantitative estimate of drug-likeness (QED) is 0.106. The minimum atomic E-state index is -4.13. The number of rotatable bonds is 24. The molecule has 36 heavy (non-hydrogen) atoms. The molecule has 1 unspecified atom stereocenters. The number of ether oxygens (including phenoxy) is 1. The number of nitrogens with one attached hydrogen (secondary N) is 1. The van der Waals surface area contributed by atoms with Crippen molar-refractivity contribution in [2.75, 3.05) is 20.3 Å². The molecule has 8 heteroatoms. The van der Waals surface area contributed by atoms with Gasteiger partial charge in [-0.1, -0.05) is 115 Å². The van der Waals surface area contributed by atoms with E-state index in [1.807, 2.05) is 18.2 Å². The smallest absolute Gasteiger partial charge is 0.471 e. The van der Waals surface area contributed by atoms with Crippen LogP contribution in [0, 0.1) is 0 Å². The number of para-hydroxylation sites is 1. The Morgan fingerprint density at radius 3 is 1.83 bits per heavy atom. The molecular weight excluding hydrogens is 477 g/mol. The van der Waals surface area contributed by atoms with Crippen molar-refractivity contribution in [2.45, 2.75) is 116 Å². The van der Waals surface area contributed by atoms with Crippen LogP contribution < -0.4 is 10.1 Å². The molecule has 0 heterocycles. The predicted molar refractivity (Wildman–Crippen MR) is 146 cm³/mol. The van der Waals surface area contributed by atoms with E-state index in [1.54, 1.807) is 12.1 Å². The zero-order valence-corrected chi connectivity index (χ0v) is 23.5. The lowest BCUT2D eigenvalue weighted by atomic mass is 10.0. The topological polar surface area (TPSA) is 94.1 Å². The van der Waals surface area contributed by atoms with Gasteiger partial charge in [-0.2, -0.15) is 0 Å². The van der Waals surface area contributed by atoms with Crippen molar-refractivity contribution in [3.05, 3.63) is 30.3 Å². The maximum absolute atomic E-state index is 12.4. The Hall–Kier alpha value is -1.40. The second-order valence-corrected chi connectivity index (χ2v) is 11.1. The van der Waals surface area contributed by atoms with Gasteiger partial charge in [0.1, 0.15) is 12.4 Å². The number of phosphoric ester groups is 1. The molecule has 1 aromatic carbocycles. The molecule has 0 saturated heterocycles. The number of amides is 1. The van der Waals surface area contributed by atoms with E-state index in [0.29, 0.717) is 12.2 Å². The number of phosphoric acid groups is 1. The number of hydrogen-bond acceptors (Lipinski definition) is 5. The summed E-state index contributed by atoms with van der Waals surface area (Å²) in [5.74, 6) is 0.540. The molecule has 0 aliphatic rings. The molecule has 0 saturated carbocycles. The summed E-state index contributed by atoms with van der Waals surface area (Å²) in [5, 5.41) is 2.86. The molecule has 1 aromatic rings. The van der Waals surface area contributed by atoms with E-state index in [2.05, 4.69) is 16.8 Å². The second-order valence-electron chi connectivity index (χ2n) is 9.54. The molecule has 0 bridgehead atoms. The van der Waals surface area contributed by atoms with Gasteiger partial charge in [0.05, 0.1) is 12.6 Å². The average Bonchev–Trinajstić information content (AvgIpc) is 2.88. The van der Waals surface area contributed by atoms with Gasteiger partial charge < -0.3 is 14.9 Å². The van der Waals surface area contributed by atoms with Crippen LogP contribution in [-0.2, 0) is 18.4 Å². The predicted octanol–water partition coefficient (Wildman–Crippen LogP) is 7.58. The first-order valence-corrected chi connectivity index (χ1v) is 15.5. The Kier molecular flexibility index (Phi) is 19.6. The van der Waals surface area contributed by atoms with Crippen LogP contribution in [0.3, 0.4) is 0 Å². The highest BCUT2D eigenvalue weighted by Crippen LogP contribution is 2.41. The standard InChI is InChI=1S/C28H50NO6P/c1-3-4-5-6-7-8-9-10-11-12-13-14-15-16-20-23-28(30)29-26(25-35-36(31,32)33-2)24-34-27-21-18-17-19-22-27/h17-19,21-22,26H,3-16,20,23-25H2,1-2H3,(H,29,30)(H,31,32)/t26-/m0/s1. The van der Waals surface area contributed by atoms with Crippen LogP contribution in [0.25, 0.3) is 0 Å². The Labute approximate surface area is 219 Å². The van der Waals surface area contributed by atoms with Gasteiger partial charge in [-0.05, 0) is 18.6 Å². The second kappa shape index (κ2) is 21.7. The molecule has 0 aliphatic carbocycles. The van der Waals surface area contributed by atoms with Crippen molar-refractivity contribution in [1.82, 2.24) is 5.32 Å². The van der Waals surface area contributed by atoms with Crippen LogP contribution in [0.4, 0.5) is 0 Å². The lowest BCUT2D eigenvalue weighted by Gasteiger charge is -2.20. The van der Waals surface area contributed by atoms with Gasteiger partial charge >= 0.3 is 7.82 Å². The average molecular weight is 528 g/mol. The zero-order valence-electron chi connectivity index (χ0n) is 22.6. The highest BCUT2D eigenvalue weighted by atomic mass is 31.2. The third-order valence-corrected chi connectivity index (χ3v) is 7.17. The summed E-state index contributed by atoms with van der Waals surface area (Å²) in [6.07, 6.45) is 19.6. The van der Waals surface area contributed by atoms with Gasteiger partial charge in [0.2, 0.25) is 5.91 Å². The third kappa shape index (κ3) is 18.8. The van der Waals surface area contributed by atoms with Gasteiger partial charge in [-0.15, -0.1) is 0 Å². The summed E-state index contributed by atoms with van der Waals surface area (Å²) >= 11 is 0. The lowest BCUT2D eigenvalue weighted by Crippen LogP contribution is -2.42. The number of carbonyl (C=O) groups is 1. The monoisotopic (exact) mass is 527 g/mol.